The second kappa shape index (κ2) is 6.29. The third kappa shape index (κ3) is 2.67. The highest BCUT2D eigenvalue weighted by atomic mass is 16.5. The fraction of sp³-hybridized carbons (Fsp3) is 0.500. The highest BCUT2D eigenvalue weighted by Gasteiger charge is 2.38. The smallest absolute Gasteiger partial charge is 0.272 e. The lowest BCUT2D eigenvalue weighted by atomic mass is 10.00. The van der Waals surface area contributed by atoms with E-state index in [2.05, 4.69) is 15.3 Å². The van der Waals surface area contributed by atoms with E-state index in [0.717, 1.165) is 17.8 Å². The van der Waals surface area contributed by atoms with Gasteiger partial charge in [0.2, 0.25) is 0 Å². The summed E-state index contributed by atoms with van der Waals surface area (Å²) in [5.41, 5.74) is 2.14. The number of aromatic nitrogens is 4. The van der Waals surface area contributed by atoms with Crippen LogP contribution in [0.15, 0.2) is 24.4 Å². The van der Waals surface area contributed by atoms with Gasteiger partial charge in [-0.05, 0) is 18.6 Å². The van der Waals surface area contributed by atoms with Gasteiger partial charge in [-0.25, -0.2) is 9.67 Å². The molecule has 2 atom stereocenters. The molecule has 0 saturated carbocycles. The third-order valence-electron chi connectivity index (χ3n) is 4.53. The number of ether oxygens (including phenoxy) is 2. The molecule has 4 rings (SSSR count). The van der Waals surface area contributed by atoms with E-state index in [1.807, 2.05) is 21.7 Å². The second-order valence-corrected chi connectivity index (χ2v) is 6.07. The molecule has 0 bridgehead atoms. The number of hydrogen-bond donors (Lipinski definition) is 0. The minimum atomic E-state index is -0.0707. The van der Waals surface area contributed by atoms with Crippen LogP contribution in [0.25, 0.3) is 0 Å². The summed E-state index contributed by atoms with van der Waals surface area (Å²) in [5.74, 6) is -0.0707. The Balaban J connectivity index is 1.54. The Kier molecular flexibility index (Phi) is 3.99. The van der Waals surface area contributed by atoms with Gasteiger partial charge in [-0.1, -0.05) is 11.3 Å². The average molecular weight is 329 g/mol. The Morgan fingerprint density at radius 2 is 2.38 bits per heavy atom. The first kappa shape index (κ1) is 15.2. The number of fused-ring (bicyclic) bond motifs is 3. The van der Waals surface area contributed by atoms with Crippen molar-refractivity contribution in [3.05, 3.63) is 41.5 Å². The molecule has 0 N–H and O–H groups in total. The van der Waals surface area contributed by atoms with Crippen molar-refractivity contribution in [2.24, 2.45) is 0 Å². The second-order valence-electron chi connectivity index (χ2n) is 6.07. The van der Waals surface area contributed by atoms with Crippen molar-refractivity contribution in [1.29, 1.82) is 0 Å². The number of methoxy groups -OCH3 is 1. The molecule has 8 nitrogen and oxygen atoms in total. The molecule has 126 valence electrons. The van der Waals surface area contributed by atoms with Gasteiger partial charge in [-0.2, -0.15) is 0 Å². The Morgan fingerprint density at radius 3 is 3.25 bits per heavy atom. The number of likely N-dealkylation sites (tertiary alicyclic amines) is 1. The van der Waals surface area contributed by atoms with Gasteiger partial charge in [0.05, 0.1) is 42.9 Å². The molecule has 24 heavy (non-hydrogen) atoms. The molecular weight excluding hydrogens is 310 g/mol. The standard InChI is InChI=1S/C16H19N5O3/c1-23-9-11-3-2-4-13(18-11)16(22)20-6-5-15-14(8-20)21-12(10-24-15)7-17-19-21/h2-4,7,14-15H,5-6,8-10H2,1H3/t14-,15-/m0/s1. The van der Waals surface area contributed by atoms with E-state index < -0.39 is 0 Å². The van der Waals surface area contributed by atoms with Gasteiger partial charge in [0, 0.05) is 20.2 Å². The van der Waals surface area contributed by atoms with Crippen LogP contribution >= 0.6 is 0 Å². The van der Waals surface area contributed by atoms with Crippen LogP contribution in [0.1, 0.15) is 34.3 Å². The Hall–Kier alpha value is -2.32. The summed E-state index contributed by atoms with van der Waals surface area (Å²) in [6, 6.07) is 5.44. The van der Waals surface area contributed by atoms with E-state index >= 15 is 0 Å². The Morgan fingerprint density at radius 1 is 1.46 bits per heavy atom. The van der Waals surface area contributed by atoms with Gasteiger partial charge in [0.25, 0.3) is 5.91 Å². The quantitative estimate of drug-likeness (QED) is 0.828. The number of piperidine rings is 1. The van der Waals surface area contributed by atoms with Crippen molar-refractivity contribution in [2.75, 3.05) is 20.2 Å². The van der Waals surface area contributed by atoms with E-state index in [1.165, 1.54) is 0 Å². The lowest BCUT2D eigenvalue weighted by Gasteiger charge is -2.40. The molecule has 0 radical (unpaired) electrons. The summed E-state index contributed by atoms with van der Waals surface area (Å²) in [5, 5.41) is 8.12. The minimum Gasteiger partial charge on any atom is -0.378 e. The number of pyridine rings is 1. The van der Waals surface area contributed by atoms with Crippen LogP contribution in [0.2, 0.25) is 0 Å². The maximum Gasteiger partial charge on any atom is 0.272 e. The predicted molar refractivity (Wildman–Crippen MR) is 83.1 cm³/mol. The number of nitrogens with zero attached hydrogens (tertiary/aromatic N) is 5. The lowest BCUT2D eigenvalue weighted by Crippen LogP contribution is -2.50. The fourth-order valence-electron chi connectivity index (χ4n) is 3.35. The van der Waals surface area contributed by atoms with Crippen LogP contribution in [0.3, 0.4) is 0 Å². The number of amides is 1. The van der Waals surface area contributed by atoms with E-state index in [0.29, 0.717) is 32.0 Å². The van der Waals surface area contributed by atoms with Gasteiger partial charge >= 0.3 is 0 Å². The zero-order valence-electron chi connectivity index (χ0n) is 13.5. The number of carbonyl (C=O) groups is 1. The van der Waals surface area contributed by atoms with Crippen LogP contribution in [-0.2, 0) is 22.7 Å². The van der Waals surface area contributed by atoms with Crippen molar-refractivity contribution in [3.8, 4) is 0 Å². The molecular formula is C16H19N5O3. The normalized spacial score (nSPS) is 22.8. The van der Waals surface area contributed by atoms with Gasteiger partial charge in [0.1, 0.15) is 5.69 Å². The highest BCUT2D eigenvalue weighted by molar-refractivity contribution is 5.92. The van der Waals surface area contributed by atoms with Gasteiger partial charge in [-0.15, -0.1) is 5.10 Å². The summed E-state index contributed by atoms with van der Waals surface area (Å²) in [4.78, 5) is 19.0. The SMILES string of the molecule is COCc1cccc(C(=O)N2CC[C@@H]3OCc4cnnn4[C@H]3C2)n1. The molecule has 0 unspecified atom stereocenters. The molecule has 1 fully saturated rings. The van der Waals surface area contributed by atoms with Crippen LogP contribution in [0.5, 0.6) is 0 Å². The summed E-state index contributed by atoms with van der Waals surface area (Å²) < 4.78 is 12.9. The summed E-state index contributed by atoms with van der Waals surface area (Å²) in [6.07, 6.45) is 2.58. The summed E-state index contributed by atoms with van der Waals surface area (Å²) in [7, 11) is 1.61. The first-order valence-corrected chi connectivity index (χ1v) is 8.01. The summed E-state index contributed by atoms with van der Waals surface area (Å²) in [6.45, 7) is 2.13. The van der Waals surface area contributed by atoms with Crippen LogP contribution < -0.4 is 0 Å². The maximum absolute atomic E-state index is 12.8. The van der Waals surface area contributed by atoms with Crippen LogP contribution in [-0.4, -0.2) is 57.1 Å². The molecule has 2 aromatic rings. The highest BCUT2D eigenvalue weighted by Crippen LogP contribution is 2.30. The first-order chi connectivity index (χ1) is 11.8. The van der Waals surface area contributed by atoms with E-state index in [1.54, 1.807) is 19.4 Å². The Labute approximate surface area is 139 Å². The molecule has 0 spiro atoms. The van der Waals surface area contributed by atoms with Gasteiger partial charge in [-0.3, -0.25) is 4.79 Å². The molecule has 8 heteroatoms. The average Bonchev–Trinajstić information content (AvgIpc) is 3.10. The van der Waals surface area contributed by atoms with Crippen LogP contribution in [0.4, 0.5) is 0 Å². The first-order valence-electron chi connectivity index (χ1n) is 8.01. The zero-order valence-corrected chi connectivity index (χ0v) is 13.5. The molecule has 0 aliphatic carbocycles. The van der Waals surface area contributed by atoms with E-state index in [-0.39, 0.29) is 18.1 Å². The van der Waals surface area contributed by atoms with Gasteiger partial charge < -0.3 is 14.4 Å². The Bertz CT molecular complexity index is 747. The van der Waals surface area contributed by atoms with Crippen molar-refractivity contribution >= 4 is 5.91 Å². The summed E-state index contributed by atoms with van der Waals surface area (Å²) >= 11 is 0. The van der Waals surface area contributed by atoms with Crippen molar-refractivity contribution in [2.45, 2.75) is 31.8 Å². The topological polar surface area (TPSA) is 82.4 Å². The minimum absolute atomic E-state index is 0.0103. The molecule has 2 aromatic heterocycles. The molecule has 1 amide bonds. The van der Waals surface area contributed by atoms with Gasteiger partial charge in [0.15, 0.2) is 0 Å². The largest absolute Gasteiger partial charge is 0.378 e. The van der Waals surface area contributed by atoms with Crippen molar-refractivity contribution in [1.82, 2.24) is 24.9 Å². The fourth-order valence-corrected chi connectivity index (χ4v) is 3.35. The number of rotatable bonds is 3. The molecule has 0 aromatic carbocycles. The van der Waals surface area contributed by atoms with E-state index in [4.69, 9.17) is 9.47 Å². The van der Waals surface area contributed by atoms with E-state index in [9.17, 15) is 4.79 Å². The van der Waals surface area contributed by atoms with Crippen LogP contribution in [0, 0.1) is 0 Å². The third-order valence-corrected chi connectivity index (χ3v) is 4.53. The molecule has 1 saturated heterocycles. The number of carbonyl (C=O) groups excluding carboxylic acids is 1. The molecule has 2 aliphatic rings. The number of hydrogen-bond acceptors (Lipinski definition) is 6. The lowest BCUT2D eigenvalue weighted by molar-refractivity contribution is -0.0605. The molecule has 2 aliphatic heterocycles. The zero-order chi connectivity index (χ0) is 16.5. The maximum atomic E-state index is 12.8. The monoisotopic (exact) mass is 329 g/mol. The van der Waals surface area contributed by atoms with Crippen molar-refractivity contribution in [3.63, 3.8) is 0 Å². The molecule has 4 heterocycles. The predicted octanol–water partition coefficient (Wildman–Crippen LogP) is 0.805. The van der Waals surface area contributed by atoms with Crippen molar-refractivity contribution < 1.29 is 14.3 Å².